The Morgan fingerprint density at radius 2 is 1.87 bits per heavy atom. The fourth-order valence-electron chi connectivity index (χ4n) is 3.88. The van der Waals surface area contributed by atoms with Gasteiger partial charge in [-0.1, -0.05) is 12.1 Å². The van der Waals surface area contributed by atoms with Gasteiger partial charge in [0.2, 0.25) is 0 Å². The molecule has 4 rings (SSSR count). The van der Waals surface area contributed by atoms with Crippen molar-refractivity contribution in [3.8, 4) is 5.75 Å². The van der Waals surface area contributed by atoms with Gasteiger partial charge in [-0.15, -0.1) is 0 Å². The van der Waals surface area contributed by atoms with Crippen LogP contribution in [0.25, 0.3) is 0 Å². The van der Waals surface area contributed by atoms with E-state index in [1.807, 2.05) is 12.1 Å². The first kappa shape index (κ1) is 22.8. The molecule has 0 radical (unpaired) electrons. The molecule has 9 heteroatoms. The molecule has 168 valence electrons. The van der Waals surface area contributed by atoms with Crippen LogP contribution in [-0.2, 0) is 20.8 Å². The van der Waals surface area contributed by atoms with Gasteiger partial charge in [0.05, 0.1) is 25.9 Å². The second kappa shape index (κ2) is 9.98. The lowest BCUT2D eigenvalue weighted by Gasteiger charge is -2.39. The zero-order valence-corrected chi connectivity index (χ0v) is 16.9. The van der Waals surface area contributed by atoms with Gasteiger partial charge < -0.3 is 19.3 Å². The molecule has 1 saturated heterocycles. The summed E-state index contributed by atoms with van der Waals surface area (Å²) >= 11 is 0. The predicted molar refractivity (Wildman–Crippen MR) is 102 cm³/mol. The highest BCUT2D eigenvalue weighted by molar-refractivity contribution is 5.73. The summed E-state index contributed by atoms with van der Waals surface area (Å²) in [5.74, 6) is -1.01. The number of hydrogen-bond acceptors (Lipinski definition) is 5. The van der Waals surface area contributed by atoms with E-state index in [0.717, 1.165) is 44.4 Å². The summed E-state index contributed by atoms with van der Waals surface area (Å²) in [7, 11) is 1.71. The zero-order chi connectivity index (χ0) is 21.7. The van der Waals surface area contributed by atoms with Crippen LogP contribution in [0.5, 0.6) is 5.75 Å². The van der Waals surface area contributed by atoms with Crippen molar-refractivity contribution in [1.29, 1.82) is 0 Å². The highest BCUT2D eigenvalue weighted by atomic mass is 19.4. The van der Waals surface area contributed by atoms with Crippen LogP contribution < -0.4 is 4.74 Å². The van der Waals surface area contributed by atoms with Crippen LogP contribution in [0.15, 0.2) is 24.3 Å². The molecule has 1 aromatic rings. The van der Waals surface area contributed by atoms with E-state index in [4.69, 9.17) is 24.1 Å². The number of benzene rings is 1. The molecule has 3 aliphatic rings. The molecule has 1 aliphatic heterocycles. The van der Waals surface area contributed by atoms with Crippen LogP contribution >= 0.6 is 0 Å². The number of carboxylic acid groups (broad SMARTS) is 1. The van der Waals surface area contributed by atoms with E-state index in [1.54, 1.807) is 7.11 Å². The molecule has 0 amide bonds. The number of carboxylic acids is 1. The van der Waals surface area contributed by atoms with Crippen molar-refractivity contribution < 1.29 is 37.3 Å². The topological polar surface area (TPSA) is 68.2 Å². The van der Waals surface area contributed by atoms with Crippen molar-refractivity contribution >= 4 is 5.97 Å². The van der Waals surface area contributed by atoms with Crippen molar-refractivity contribution in [3.05, 3.63) is 29.8 Å². The minimum absolute atomic E-state index is 0.265. The first-order valence-corrected chi connectivity index (χ1v) is 10.2. The SMILES string of the molecule is COc1ccc(CN2CCO[C@H]3[C@H](OCC4CC4)CC[C@@H]32)cc1.O=C(O)C(F)(F)F. The van der Waals surface area contributed by atoms with Crippen LogP contribution in [0.3, 0.4) is 0 Å². The summed E-state index contributed by atoms with van der Waals surface area (Å²) in [6, 6.07) is 8.93. The van der Waals surface area contributed by atoms with E-state index in [1.165, 1.54) is 24.8 Å². The Morgan fingerprint density at radius 1 is 1.20 bits per heavy atom. The molecule has 1 aromatic carbocycles. The molecule has 2 aliphatic carbocycles. The minimum Gasteiger partial charge on any atom is -0.497 e. The second-order valence-corrected chi connectivity index (χ2v) is 7.92. The molecular weight excluding hydrogens is 403 g/mol. The zero-order valence-electron chi connectivity index (χ0n) is 16.9. The quantitative estimate of drug-likeness (QED) is 0.744. The molecule has 3 atom stereocenters. The van der Waals surface area contributed by atoms with E-state index in [0.29, 0.717) is 12.1 Å². The first-order chi connectivity index (χ1) is 14.3. The van der Waals surface area contributed by atoms with Crippen LogP contribution in [0, 0.1) is 5.92 Å². The highest BCUT2D eigenvalue weighted by Crippen LogP contribution is 2.35. The van der Waals surface area contributed by atoms with Crippen molar-refractivity contribution in [2.24, 2.45) is 5.92 Å². The Labute approximate surface area is 173 Å². The maximum absolute atomic E-state index is 10.6. The molecule has 1 N–H and O–H groups in total. The molecular formula is C21H28F3NO5. The fraction of sp³-hybridized carbons (Fsp3) is 0.667. The number of fused-ring (bicyclic) bond motifs is 1. The molecule has 1 heterocycles. The van der Waals surface area contributed by atoms with Gasteiger partial charge in [0.25, 0.3) is 0 Å². The van der Waals surface area contributed by atoms with Crippen molar-refractivity contribution in [2.45, 2.75) is 56.7 Å². The number of rotatable bonds is 6. The minimum atomic E-state index is -5.08. The molecule has 30 heavy (non-hydrogen) atoms. The van der Waals surface area contributed by atoms with Gasteiger partial charge in [-0.2, -0.15) is 13.2 Å². The summed E-state index contributed by atoms with van der Waals surface area (Å²) < 4.78 is 49.2. The Kier molecular flexibility index (Phi) is 7.60. The third-order valence-corrected chi connectivity index (χ3v) is 5.68. The Morgan fingerprint density at radius 3 is 2.43 bits per heavy atom. The average molecular weight is 431 g/mol. The summed E-state index contributed by atoms with van der Waals surface area (Å²) in [6.45, 7) is 3.77. The molecule has 0 bridgehead atoms. The lowest BCUT2D eigenvalue weighted by atomic mass is 10.1. The van der Waals surface area contributed by atoms with Crippen molar-refractivity contribution in [3.63, 3.8) is 0 Å². The number of aliphatic carboxylic acids is 1. The number of ether oxygens (including phenoxy) is 3. The van der Waals surface area contributed by atoms with E-state index < -0.39 is 12.1 Å². The second-order valence-electron chi connectivity index (χ2n) is 7.92. The highest BCUT2D eigenvalue weighted by Gasteiger charge is 2.43. The number of nitrogens with zero attached hydrogens (tertiary/aromatic N) is 1. The number of carbonyl (C=O) groups is 1. The van der Waals surface area contributed by atoms with Crippen LogP contribution in [-0.4, -0.2) is 67.3 Å². The summed E-state index contributed by atoms with van der Waals surface area (Å²) in [6.07, 6.45) is 0.522. The Balaban J connectivity index is 0.000000318. The summed E-state index contributed by atoms with van der Waals surface area (Å²) in [4.78, 5) is 11.5. The van der Waals surface area contributed by atoms with Crippen LogP contribution in [0.4, 0.5) is 13.2 Å². The van der Waals surface area contributed by atoms with Crippen molar-refractivity contribution in [2.75, 3.05) is 26.9 Å². The smallest absolute Gasteiger partial charge is 0.490 e. The van der Waals surface area contributed by atoms with E-state index in [-0.39, 0.29) is 6.10 Å². The van der Waals surface area contributed by atoms with Gasteiger partial charge in [-0.3, -0.25) is 4.90 Å². The molecule has 2 saturated carbocycles. The Hall–Kier alpha value is -1.84. The van der Waals surface area contributed by atoms with Gasteiger partial charge in [0.15, 0.2) is 0 Å². The van der Waals surface area contributed by atoms with Crippen molar-refractivity contribution in [1.82, 2.24) is 4.90 Å². The number of methoxy groups -OCH3 is 1. The molecule has 6 nitrogen and oxygen atoms in total. The molecule has 0 spiro atoms. The number of morpholine rings is 1. The first-order valence-electron chi connectivity index (χ1n) is 10.2. The number of alkyl halides is 3. The number of halogens is 3. The normalized spacial score (nSPS) is 26.5. The fourth-order valence-corrected chi connectivity index (χ4v) is 3.88. The Bertz CT molecular complexity index is 693. The van der Waals surface area contributed by atoms with E-state index in [9.17, 15) is 13.2 Å². The maximum Gasteiger partial charge on any atom is 0.490 e. The molecule has 0 unspecified atom stereocenters. The largest absolute Gasteiger partial charge is 0.497 e. The maximum atomic E-state index is 10.6. The standard InChI is InChI=1S/C19H27NO3.C2HF3O2/c1-21-16-6-4-14(5-7-16)12-20-10-11-22-19-17(20)8-9-18(19)23-13-15-2-3-15;3-2(4,5)1(6)7/h4-7,15,17-19H,2-3,8-13H2,1H3;(H,6,7)/t17-,18+,19+;/m0./s1. The van der Waals surface area contributed by atoms with Gasteiger partial charge in [-0.05, 0) is 49.3 Å². The van der Waals surface area contributed by atoms with E-state index in [2.05, 4.69) is 17.0 Å². The van der Waals surface area contributed by atoms with Crippen LogP contribution in [0.1, 0.15) is 31.2 Å². The number of hydrogen-bond donors (Lipinski definition) is 1. The lowest BCUT2D eigenvalue weighted by molar-refractivity contribution is -0.192. The lowest BCUT2D eigenvalue weighted by Crippen LogP contribution is -2.51. The van der Waals surface area contributed by atoms with Crippen LogP contribution in [0.2, 0.25) is 0 Å². The van der Waals surface area contributed by atoms with Gasteiger partial charge >= 0.3 is 12.1 Å². The monoisotopic (exact) mass is 431 g/mol. The molecule has 0 aromatic heterocycles. The average Bonchev–Trinajstić information content (AvgIpc) is 3.45. The van der Waals surface area contributed by atoms with Gasteiger partial charge in [-0.25, -0.2) is 4.79 Å². The molecule has 3 fully saturated rings. The van der Waals surface area contributed by atoms with Gasteiger partial charge in [0.1, 0.15) is 5.75 Å². The summed E-state index contributed by atoms with van der Waals surface area (Å²) in [5.41, 5.74) is 1.34. The van der Waals surface area contributed by atoms with Gasteiger partial charge in [0, 0.05) is 25.7 Å². The van der Waals surface area contributed by atoms with E-state index >= 15 is 0 Å². The predicted octanol–water partition coefficient (Wildman–Crippen LogP) is 3.49. The third kappa shape index (κ3) is 6.33. The third-order valence-electron chi connectivity index (χ3n) is 5.68. The summed E-state index contributed by atoms with van der Waals surface area (Å²) in [5, 5.41) is 7.12.